The number of likely N-dealkylation sites (tertiary alicyclic amines) is 1. The largest absolute Gasteiger partial charge is 0.370 e. The van der Waals surface area contributed by atoms with E-state index in [1.807, 2.05) is 0 Å². The van der Waals surface area contributed by atoms with Gasteiger partial charge in [-0.2, -0.15) is 0 Å². The van der Waals surface area contributed by atoms with Gasteiger partial charge in [0, 0.05) is 11.2 Å². The molecule has 1 saturated heterocycles. The first kappa shape index (κ1) is 16.8. The number of nitrogens with zero attached hydrogens (tertiary/aromatic N) is 2. The third kappa shape index (κ3) is 4.73. The molecule has 1 aliphatic rings. The molecule has 22 heavy (non-hydrogen) atoms. The van der Waals surface area contributed by atoms with Crippen LogP contribution in [0.3, 0.4) is 0 Å². The van der Waals surface area contributed by atoms with E-state index in [4.69, 9.17) is 5.73 Å². The lowest BCUT2D eigenvalue weighted by molar-refractivity contribution is 0.102. The Kier molecular flexibility index (Phi) is 5.46. The molecule has 0 radical (unpaired) electrons. The van der Waals surface area contributed by atoms with Gasteiger partial charge in [-0.25, -0.2) is 0 Å². The van der Waals surface area contributed by atoms with Crippen LogP contribution in [-0.2, 0) is 0 Å². The molecule has 4 nitrogen and oxygen atoms in total. The molecule has 0 amide bonds. The van der Waals surface area contributed by atoms with Crippen LogP contribution >= 0.6 is 0 Å². The Morgan fingerprint density at radius 2 is 1.73 bits per heavy atom. The average molecular weight is 302 g/mol. The van der Waals surface area contributed by atoms with Gasteiger partial charge in [0.2, 0.25) is 0 Å². The van der Waals surface area contributed by atoms with Gasteiger partial charge in [0.25, 0.3) is 0 Å². The Bertz CT molecular complexity index is 508. The van der Waals surface area contributed by atoms with Gasteiger partial charge in [0.05, 0.1) is 6.54 Å². The van der Waals surface area contributed by atoms with E-state index in [-0.39, 0.29) is 5.54 Å². The second-order valence-corrected chi connectivity index (χ2v) is 7.06. The smallest absolute Gasteiger partial charge is 0.193 e. The molecule has 0 bridgehead atoms. The minimum atomic E-state index is 0.0647. The van der Waals surface area contributed by atoms with Crippen LogP contribution < -0.4 is 11.1 Å². The molecule has 1 aromatic carbocycles. The fourth-order valence-electron chi connectivity index (χ4n) is 3.11. The Hall–Kier alpha value is -1.55. The maximum Gasteiger partial charge on any atom is 0.193 e. The number of nitrogens with two attached hydrogens (primary N) is 1. The van der Waals surface area contributed by atoms with Gasteiger partial charge in [-0.15, -0.1) is 0 Å². The number of piperidine rings is 1. The molecule has 0 aliphatic carbocycles. The van der Waals surface area contributed by atoms with Crippen molar-refractivity contribution in [3.63, 3.8) is 0 Å². The molecule has 0 saturated carbocycles. The van der Waals surface area contributed by atoms with Gasteiger partial charge in [-0.1, -0.05) is 12.5 Å². The van der Waals surface area contributed by atoms with E-state index in [9.17, 15) is 0 Å². The lowest BCUT2D eigenvalue weighted by Gasteiger charge is -2.40. The summed E-state index contributed by atoms with van der Waals surface area (Å²) >= 11 is 0. The number of aryl methyl sites for hydroxylation is 2. The molecular formula is C18H30N4. The Labute approximate surface area is 134 Å². The van der Waals surface area contributed by atoms with Crippen molar-refractivity contribution in [2.75, 3.05) is 25.0 Å². The van der Waals surface area contributed by atoms with Gasteiger partial charge in [0.1, 0.15) is 0 Å². The zero-order valence-electron chi connectivity index (χ0n) is 14.4. The predicted molar refractivity (Wildman–Crippen MR) is 95.5 cm³/mol. The van der Waals surface area contributed by atoms with Crippen molar-refractivity contribution in [2.45, 2.75) is 52.5 Å². The fraction of sp³-hybridized carbons (Fsp3) is 0.611. The summed E-state index contributed by atoms with van der Waals surface area (Å²) in [6.45, 7) is 11.8. The summed E-state index contributed by atoms with van der Waals surface area (Å²) in [6, 6.07) is 6.33. The normalized spacial score (nSPS) is 17.5. The lowest BCUT2D eigenvalue weighted by Crippen LogP contribution is -2.49. The Morgan fingerprint density at radius 1 is 1.14 bits per heavy atom. The molecule has 0 unspecified atom stereocenters. The molecule has 1 aromatic rings. The number of benzene rings is 1. The van der Waals surface area contributed by atoms with Crippen LogP contribution in [0.5, 0.6) is 0 Å². The molecule has 1 heterocycles. The van der Waals surface area contributed by atoms with Crippen molar-refractivity contribution < 1.29 is 0 Å². The topological polar surface area (TPSA) is 53.6 Å². The number of rotatable bonds is 4. The van der Waals surface area contributed by atoms with Crippen molar-refractivity contribution in [1.29, 1.82) is 0 Å². The fourth-order valence-corrected chi connectivity index (χ4v) is 3.11. The summed E-state index contributed by atoms with van der Waals surface area (Å²) in [5.41, 5.74) is 9.59. The van der Waals surface area contributed by atoms with Gasteiger partial charge < -0.3 is 11.1 Å². The van der Waals surface area contributed by atoms with Gasteiger partial charge in [0.15, 0.2) is 5.96 Å². The summed E-state index contributed by atoms with van der Waals surface area (Å²) in [6.07, 6.45) is 3.94. The molecule has 0 spiro atoms. The Morgan fingerprint density at radius 3 is 2.32 bits per heavy atom. The van der Waals surface area contributed by atoms with Crippen LogP contribution in [0.4, 0.5) is 5.69 Å². The molecular weight excluding hydrogens is 272 g/mol. The second-order valence-electron chi connectivity index (χ2n) is 7.06. The van der Waals surface area contributed by atoms with Crippen molar-refractivity contribution >= 4 is 11.6 Å². The minimum Gasteiger partial charge on any atom is -0.370 e. The van der Waals surface area contributed by atoms with E-state index in [0.29, 0.717) is 5.96 Å². The summed E-state index contributed by atoms with van der Waals surface area (Å²) < 4.78 is 0. The Balaban J connectivity index is 1.96. The zero-order chi connectivity index (χ0) is 16.2. The average Bonchev–Trinajstić information content (AvgIpc) is 2.45. The zero-order valence-corrected chi connectivity index (χ0v) is 14.4. The van der Waals surface area contributed by atoms with Crippen LogP contribution in [0.2, 0.25) is 0 Å². The van der Waals surface area contributed by atoms with E-state index in [1.165, 1.54) is 43.5 Å². The van der Waals surface area contributed by atoms with Crippen molar-refractivity contribution in [3.05, 3.63) is 29.3 Å². The highest BCUT2D eigenvalue weighted by Gasteiger charge is 2.27. The quantitative estimate of drug-likeness (QED) is 0.663. The summed E-state index contributed by atoms with van der Waals surface area (Å²) in [7, 11) is 0. The monoisotopic (exact) mass is 302 g/mol. The van der Waals surface area contributed by atoms with Crippen molar-refractivity contribution in [2.24, 2.45) is 10.7 Å². The number of aliphatic imine (C=N–C) groups is 1. The first-order chi connectivity index (χ1) is 10.4. The van der Waals surface area contributed by atoms with Crippen molar-refractivity contribution in [1.82, 2.24) is 4.90 Å². The molecule has 0 atom stereocenters. The van der Waals surface area contributed by atoms with Gasteiger partial charge in [-0.3, -0.25) is 9.89 Å². The SMILES string of the molecule is Cc1cc(C)cc(NC(N)=NCC(C)(C)N2CCCCC2)c1. The molecule has 4 heteroatoms. The first-order valence-corrected chi connectivity index (χ1v) is 8.27. The van der Waals surface area contributed by atoms with E-state index < -0.39 is 0 Å². The van der Waals surface area contributed by atoms with Crippen LogP contribution in [0.25, 0.3) is 0 Å². The maximum atomic E-state index is 6.06. The molecule has 1 fully saturated rings. The predicted octanol–water partition coefficient (Wildman–Crippen LogP) is 3.29. The van der Waals surface area contributed by atoms with E-state index >= 15 is 0 Å². The number of guanidine groups is 1. The van der Waals surface area contributed by atoms with E-state index in [0.717, 1.165) is 12.2 Å². The molecule has 0 aromatic heterocycles. The van der Waals surface area contributed by atoms with Crippen LogP contribution in [0.1, 0.15) is 44.2 Å². The number of hydrogen-bond donors (Lipinski definition) is 2. The summed E-state index contributed by atoms with van der Waals surface area (Å²) in [5.74, 6) is 0.495. The van der Waals surface area contributed by atoms with Crippen LogP contribution in [-0.4, -0.2) is 36.0 Å². The van der Waals surface area contributed by atoms with Gasteiger partial charge in [-0.05, 0) is 76.9 Å². The highest BCUT2D eigenvalue weighted by Crippen LogP contribution is 2.21. The van der Waals surface area contributed by atoms with Crippen LogP contribution in [0.15, 0.2) is 23.2 Å². The molecule has 3 N–H and O–H groups in total. The second kappa shape index (κ2) is 7.14. The minimum absolute atomic E-state index is 0.0647. The lowest BCUT2D eigenvalue weighted by atomic mass is 9.99. The number of nitrogens with one attached hydrogen (secondary N) is 1. The van der Waals surface area contributed by atoms with E-state index in [1.54, 1.807) is 0 Å². The number of hydrogen-bond acceptors (Lipinski definition) is 2. The molecule has 2 rings (SSSR count). The van der Waals surface area contributed by atoms with E-state index in [2.05, 4.69) is 61.1 Å². The third-order valence-electron chi connectivity index (χ3n) is 4.34. The third-order valence-corrected chi connectivity index (χ3v) is 4.34. The summed E-state index contributed by atoms with van der Waals surface area (Å²) in [4.78, 5) is 7.10. The highest BCUT2D eigenvalue weighted by molar-refractivity contribution is 5.92. The van der Waals surface area contributed by atoms with Crippen LogP contribution in [0, 0.1) is 13.8 Å². The summed E-state index contributed by atoms with van der Waals surface area (Å²) in [5, 5.41) is 3.21. The molecule has 122 valence electrons. The first-order valence-electron chi connectivity index (χ1n) is 8.27. The maximum absolute atomic E-state index is 6.06. The molecule has 1 aliphatic heterocycles. The standard InChI is InChI=1S/C18H30N4/c1-14-10-15(2)12-16(11-14)21-17(19)20-13-18(3,4)22-8-6-5-7-9-22/h10-12H,5-9,13H2,1-4H3,(H3,19,20,21). The number of anilines is 1. The van der Waals surface area contributed by atoms with Gasteiger partial charge >= 0.3 is 0 Å². The van der Waals surface area contributed by atoms with Crippen molar-refractivity contribution in [3.8, 4) is 0 Å². The highest BCUT2D eigenvalue weighted by atomic mass is 15.2.